The summed E-state index contributed by atoms with van der Waals surface area (Å²) in [7, 11) is 0. The molecule has 7 heteroatoms. The SMILES string of the molecule is CC(CC(=O)O)NC(=O)Cn1cc(Br)ccc1=O. The first-order chi connectivity index (χ1) is 8.38. The molecule has 98 valence electrons. The smallest absolute Gasteiger partial charge is 0.305 e. The van der Waals surface area contributed by atoms with E-state index >= 15 is 0 Å². The normalized spacial score (nSPS) is 11.9. The maximum Gasteiger partial charge on any atom is 0.305 e. The first-order valence-electron chi connectivity index (χ1n) is 5.25. The van der Waals surface area contributed by atoms with Crippen molar-refractivity contribution < 1.29 is 14.7 Å². The van der Waals surface area contributed by atoms with E-state index in [-0.39, 0.29) is 18.5 Å². The summed E-state index contributed by atoms with van der Waals surface area (Å²) in [6, 6.07) is 2.46. The second-order valence-corrected chi connectivity index (χ2v) is 4.80. The standard InChI is InChI=1S/C11H13BrN2O4/c1-7(4-11(17)18)13-9(15)6-14-5-8(12)2-3-10(14)16/h2-3,5,7H,4,6H2,1H3,(H,13,15)(H,17,18). The summed E-state index contributed by atoms with van der Waals surface area (Å²) in [5, 5.41) is 11.1. The number of rotatable bonds is 5. The lowest BCUT2D eigenvalue weighted by atomic mass is 10.2. The molecule has 1 unspecified atom stereocenters. The van der Waals surface area contributed by atoms with Gasteiger partial charge in [-0.2, -0.15) is 0 Å². The zero-order valence-corrected chi connectivity index (χ0v) is 11.3. The molecule has 0 spiro atoms. The van der Waals surface area contributed by atoms with Crippen LogP contribution in [-0.2, 0) is 16.1 Å². The van der Waals surface area contributed by atoms with Crippen LogP contribution in [0.15, 0.2) is 27.6 Å². The van der Waals surface area contributed by atoms with Gasteiger partial charge < -0.3 is 15.0 Å². The maximum absolute atomic E-state index is 11.6. The van der Waals surface area contributed by atoms with Gasteiger partial charge in [0, 0.05) is 22.8 Å². The van der Waals surface area contributed by atoms with Gasteiger partial charge in [0.25, 0.3) is 5.56 Å². The first kappa shape index (κ1) is 14.4. The van der Waals surface area contributed by atoms with Crippen molar-refractivity contribution in [2.75, 3.05) is 0 Å². The number of amides is 1. The predicted molar refractivity (Wildman–Crippen MR) is 68.3 cm³/mol. The summed E-state index contributed by atoms with van der Waals surface area (Å²) >= 11 is 3.20. The second-order valence-electron chi connectivity index (χ2n) is 3.88. The van der Waals surface area contributed by atoms with Crippen LogP contribution in [0.2, 0.25) is 0 Å². The molecule has 6 nitrogen and oxygen atoms in total. The zero-order chi connectivity index (χ0) is 13.7. The number of nitrogens with zero attached hydrogens (tertiary/aromatic N) is 1. The topological polar surface area (TPSA) is 88.4 Å². The van der Waals surface area contributed by atoms with E-state index in [9.17, 15) is 14.4 Å². The highest BCUT2D eigenvalue weighted by Crippen LogP contribution is 2.04. The molecular formula is C11H13BrN2O4. The molecule has 0 saturated carbocycles. The van der Waals surface area contributed by atoms with Crippen LogP contribution in [-0.4, -0.2) is 27.6 Å². The first-order valence-corrected chi connectivity index (χ1v) is 6.05. The number of hydrogen-bond acceptors (Lipinski definition) is 3. The van der Waals surface area contributed by atoms with Crippen LogP contribution < -0.4 is 10.9 Å². The van der Waals surface area contributed by atoms with E-state index < -0.39 is 17.9 Å². The fraction of sp³-hybridized carbons (Fsp3) is 0.364. The molecule has 2 N–H and O–H groups in total. The Morgan fingerprint density at radius 2 is 2.17 bits per heavy atom. The van der Waals surface area contributed by atoms with E-state index in [0.29, 0.717) is 4.47 Å². The Balaban J connectivity index is 2.62. The van der Waals surface area contributed by atoms with Crippen molar-refractivity contribution in [3.8, 4) is 0 Å². The minimum absolute atomic E-state index is 0.137. The number of nitrogens with one attached hydrogen (secondary N) is 1. The van der Waals surface area contributed by atoms with Gasteiger partial charge in [-0.1, -0.05) is 0 Å². The number of carbonyl (C=O) groups is 2. The van der Waals surface area contributed by atoms with Crippen molar-refractivity contribution in [1.82, 2.24) is 9.88 Å². The number of hydrogen-bond donors (Lipinski definition) is 2. The van der Waals surface area contributed by atoms with Gasteiger partial charge in [-0.3, -0.25) is 14.4 Å². The monoisotopic (exact) mass is 316 g/mol. The molecule has 0 aliphatic heterocycles. The molecule has 0 fully saturated rings. The Bertz CT molecular complexity index is 512. The quantitative estimate of drug-likeness (QED) is 0.832. The molecule has 18 heavy (non-hydrogen) atoms. The van der Waals surface area contributed by atoms with Crippen molar-refractivity contribution in [3.63, 3.8) is 0 Å². The summed E-state index contributed by atoms with van der Waals surface area (Å²) in [5.41, 5.74) is -0.292. The number of carboxylic acids is 1. The average molecular weight is 317 g/mol. The molecule has 1 heterocycles. The number of aromatic nitrogens is 1. The maximum atomic E-state index is 11.6. The Hall–Kier alpha value is -1.63. The van der Waals surface area contributed by atoms with Crippen molar-refractivity contribution >= 4 is 27.8 Å². The van der Waals surface area contributed by atoms with Gasteiger partial charge in [-0.15, -0.1) is 0 Å². The van der Waals surface area contributed by atoms with Crippen molar-refractivity contribution in [2.45, 2.75) is 25.9 Å². The Morgan fingerprint density at radius 1 is 1.50 bits per heavy atom. The average Bonchev–Trinajstić information content (AvgIpc) is 2.21. The van der Waals surface area contributed by atoms with Crippen LogP contribution in [0.4, 0.5) is 0 Å². The zero-order valence-electron chi connectivity index (χ0n) is 9.72. The Kier molecular flexibility index (Phi) is 5.08. The predicted octanol–water partition coefficient (Wildman–Crippen LogP) is 0.590. The second kappa shape index (κ2) is 6.34. The molecule has 1 aromatic rings. The minimum Gasteiger partial charge on any atom is -0.481 e. The van der Waals surface area contributed by atoms with E-state index in [1.54, 1.807) is 13.0 Å². The van der Waals surface area contributed by atoms with Crippen molar-refractivity contribution in [3.05, 3.63) is 33.2 Å². The molecule has 0 aliphatic rings. The molecule has 1 aromatic heterocycles. The van der Waals surface area contributed by atoms with Crippen molar-refractivity contribution in [1.29, 1.82) is 0 Å². The van der Waals surface area contributed by atoms with Gasteiger partial charge in [0.05, 0.1) is 6.42 Å². The lowest BCUT2D eigenvalue weighted by Gasteiger charge is -2.12. The van der Waals surface area contributed by atoms with Crippen LogP contribution in [0.1, 0.15) is 13.3 Å². The van der Waals surface area contributed by atoms with E-state index in [4.69, 9.17) is 5.11 Å². The molecule has 1 rings (SSSR count). The highest BCUT2D eigenvalue weighted by molar-refractivity contribution is 9.10. The fourth-order valence-electron chi connectivity index (χ4n) is 1.41. The molecule has 0 radical (unpaired) electrons. The molecule has 1 atom stereocenters. The number of pyridine rings is 1. The Morgan fingerprint density at radius 3 is 2.78 bits per heavy atom. The van der Waals surface area contributed by atoms with E-state index in [1.807, 2.05) is 0 Å². The molecule has 0 bridgehead atoms. The lowest BCUT2D eigenvalue weighted by Crippen LogP contribution is -2.38. The van der Waals surface area contributed by atoms with Gasteiger partial charge in [-0.25, -0.2) is 0 Å². The fourth-order valence-corrected chi connectivity index (χ4v) is 1.79. The molecular weight excluding hydrogens is 304 g/mol. The summed E-state index contributed by atoms with van der Waals surface area (Å²) < 4.78 is 1.93. The van der Waals surface area contributed by atoms with Gasteiger partial charge >= 0.3 is 5.97 Å². The minimum atomic E-state index is -0.984. The summed E-state index contributed by atoms with van der Waals surface area (Å²) in [6.45, 7) is 1.46. The lowest BCUT2D eigenvalue weighted by molar-refractivity contribution is -0.137. The van der Waals surface area contributed by atoms with Crippen LogP contribution in [0.3, 0.4) is 0 Å². The third-order valence-corrected chi connectivity index (χ3v) is 2.62. The summed E-state index contributed by atoms with van der Waals surface area (Å²) in [6.07, 6.45) is 1.35. The summed E-state index contributed by atoms with van der Waals surface area (Å²) in [4.78, 5) is 33.5. The van der Waals surface area contributed by atoms with E-state index in [2.05, 4.69) is 21.2 Å². The third kappa shape index (κ3) is 4.70. The number of carbonyl (C=O) groups excluding carboxylic acids is 1. The summed E-state index contributed by atoms with van der Waals surface area (Å²) in [5.74, 6) is -1.38. The molecule has 0 aliphatic carbocycles. The number of carboxylic acid groups (broad SMARTS) is 1. The van der Waals surface area contributed by atoms with Crippen LogP contribution in [0, 0.1) is 0 Å². The van der Waals surface area contributed by atoms with Crippen LogP contribution >= 0.6 is 15.9 Å². The molecule has 0 saturated heterocycles. The third-order valence-electron chi connectivity index (χ3n) is 2.15. The van der Waals surface area contributed by atoms with Crippen LogP contribution in [0.25, 0.3) is 0 Å². The van der Waals surface area contributed by atoms with Gasteiger partial charge in [-0.05, 0) is 28.9 Å². The van der Waals surface area contributed by atoms with Crippen LogP contribution in [0.5, 0.6) is 0 Å². The molecule has 0 aromatic carbocycles. The molecule has 1 amide bonds. The largest absolute Gasteiger partial charge is 0.481 e. The number of halogens is 1. The van der Waals surface area contributed by atoms with E-state index in [1.165, 1.54) is 16.8 Å². The Labute approximate surface area is 112 Å². The van der Waals surface area contributed by atoms with Crippen molar-refractivity contribution in [2.24, 2.45) is 0 Å². The van der Waals surface area contributed by atoms with Gasteiger partial charge in [0.15, 0.2) is 0 Å². The number of aliphatic carboxylic acids is 1. The van der Waals surface area contributed by atoms with Gasteiger partial charge in [0.2, 0.25) is 5.91 Å². The van der Waals surface area contributed by atoms with Gasteiger partial charge in [0.1, 0.15) is 6.54 Å². The van der Waals surface area contributed by atoms with E-state index in [0.717, 1.165) is 0 Å². The highest BCUT2D eigenvalue weighted by Gasteiger charge is 2.11. The highest BCUT2D eigenvalue weighted by atomic mass is 79.9.